The van der Waals surface area contributed by atoms with Crippen LogP contribution in [0.5, 0.6) is 0 Å². The van der Waals surface area contributed by atoms with Crippen molar-refractivity contribution >= 4 is 68.1 Å². The first kappa shape index (κ1) is 20.9. The number of benzene rings is 2. The Bertz CT molecular complexity index is 1320. The van der Waals surface area contributed by atoms with Crippen molar-refractivity contribution in [3.8, 4) is 5.69 Å². The smallest absolute Gasteiger partial charge is 0.276 e. The number of amides is 1. The van der Waals surface area contributed by atoms with Crippen molar-refractivity contribution in [1.29, 1.82) is 0 Å². The fourth-order valence-corrected chi connectivity index (χ4v) is 4.66. The molecule has 0 saturated carbocycles. The summed E-state index contributed by atoms with van der Waals surface area (Å²) in [6, 6.07) is 12.3. The summed E-state index contributed by atoms with van der Waals surface area (Å²) in [6.45, 7) is 0. The highest BCUT2D eigenvalue weighted by molar-refractivity contribution is 7.99. The van der Waals surface area contributed by atoms with Gasteiger partial charge in [-0.2, -0.15) is 0 Å². The first-order valence-electron chi connectivity index (χ1n) is 8.56. The van der Waals surface area contributed by atoms with E-state index >= 15 is 0 Å². The van der Waals surface area contributed by atoms with Gasteiger partial charge in [-0.05, 0) is 47.8 Å². The lowest BCUT2D eigenvalue weighted by molar-refractivity contribution is -0.113. The van der Waals surface area contributed by atoms with E-state index in [2.05, 4.69) is 10.3 Å². The molecule has 30 heavy (non-hydrogen) atoms. The van der Waals surface area contributed by atoms with Crippen molar-refractivity contribution in [2.75, 3.05) is 11.1 Å². The van der Waals surface area contributed by atoms with E-state index in [0.29, 0.717) is 26.1 Å². The lowest BCUT2D eigenvalue weighted by atomic mass is 10.3. The summed E-state index contributed by atoms with van der Waals surface area (Å²) in [7, 11) is 0. The predicted molar refractivity (Wildman–Crippen MR) is 121 cm³/mol. The first-order chi connectivity index (χ1) is 14.4. The van der Waals surface area contributed by atoms with Gasteiger partial charge in [0.15, 0.2) is 5.16 Å². The number of rotatable bonds is 5. The van der Waals surface area contributed by atoms with Crippen LogP contribution in [-0.4, -0.2) is 21.2 Å². The molecule has 0 bridgehead atoms. The number of thioether (sulfide) groups is 1. The zero-order valence-electron chi connectivity index (χ0n) is 15.1. The minimum absolute atomic E-state index is 0.0600. The SMILES string of the molecule is O=C(CSc1nc2ccsc2c(=O)n1-c1cccc(Cl)c1)Nc1cc(F)ccc1Cl. The average Bonchev–Trinajstić information content (AvgIpc) is 3.18. The summed E-state index contributed by atoms with van der Waals surface area (Å²) in [4.78, 5) is 30.0. The van der Waals surface area contributed by atoms with Gasteiger partial charge >= 0.3 is 0 Å². The van der Waals surface area contributed by atoms with Gasteiger partial charge in [0.25, 0.3) is 5.56 Å². The minimum atomic E-state index is -0.512. The van der Waals surface area contributed by atoms with Crippen LogP contribution in [0.25, 0.3) is 15.9 Å². The summed E-state index contributed by atoms with van der Waals surface area (Å²) in [5.41, 5.74) is 1.04. The van der Waals surface area contributed by atoms with Gasteiger partial charge in [-0.25, -0.2) is 9.37 Å². The molecule has 4 aromatic rings. The third-order valence-electron chi connectivity index (χ3n) is 4.05. The van der Waals surface area contributed by atoms with Gasteiger partial charge in [-0.1, -0.05) is 41.0 Å². The Morgan fingerprint density at radius 2 is 2.03 bits per heavy atom. The van der Waals surface area contributed by atoms with Crippen LogP contribution in [0.1, 0.15) is 0 Å². The van der Waals surface area contributed by atoms with Crippen LogP contribution in [0.15, 0.2) is 63.9 Å². The van der Waals surface area contributed by atoms with Gasteiger partial charge in [0.05, 0.1) is 27.7 Å². The molecule has 2 aromatic carbocycles. The van der Waals surface area contributed by atoms with Gasteiger partial charge in [-0.15, -0.1) is 11.3 Å². The lowest BCUT2D eigenvalue weighted by Gasteiger charge is -2.12. The normalized spacial score (nSPS) is 11.0. The Balaban J connectivity index is 1.65. The monoisotopic (exact) mass is 479 g/mol. The molecule has 1 N–H and O–H groups in total. The van der Waals surface area contributed by atoms with Crippen LogP contribution in [0.2, 0.25) is 10.0 Å². The van der Waals surface area contributed by atoms with E-state index in [9.17, 15) is 14.0 Å². The first-order valence-corrected chi connectivity index (χ1v) is 11.2. The Morgan fingerprint density at radius 3 is 2.83 bits per heavy atom. The number of carbonyl (C=O) groups is 1. The summed E-state index contributed by atoms with van der Waals surface area (Å²) >= 11 is 14.5. The summed E-state index contributed by atoms with van der Waals surface area (Å²) in [6.07, 6.45) is 0. The maximum absolute atomic E-state index is 13.4. The predicted octanol–water partition coefficient (Wildman–Crippen LogP) is 5.62. The third-order valence-corrected chi connectivity index (χ3v) is 6.45. The average molecular weight is 480 g/mol. The van der Waals surface area contributed by atoms with E-state index in [4.69, 9.17) is 23.2 Å². The Morgan fingerprint density at radius 1 is 1.20 bits per heavy atom. The number of anilines is 1. The van der Waals surface area contributed by atoms with E-state index in [1.165, 1.54) is 28.0 Å². The van der Waals surface area contributed by atoms with E-state index in [1.54, 1.807) is 35.7 Å². The fraction of sp³-hybridized carbons (Fsp3) is 0.0500. The molecule has 152 valence electrons. The van der Waals surface area contributed by atoms with Crippen molar-refractivity contribution in [1.82, 2.24) is 9.55 Å². The van der Waals surface area contributed by atoms with Crippen LogP contribution in [0.4, 0.5) is 10.1 Å². The van der Waals surface area contributed by atoms with Gasteiger partial charge < -0.3 is 5.32 Å². The zero-order valence-corrected chi connectivity index (χ0v) is 18.2. The van der Waals surface area contributed by atoms with E-state index in [1.807, 2.05) is 0 Å². The van der Waals surface area contributed by atoms with Crippen LogP contribution in [0, 0.1) is 5.82 Å². The molecule has 0 aliphatic carbocycles. The fourth-order valence-electron chi connectivity index (χ4n) is 2.74. The molecule has 2 heterocycles. The molecule has 0 atom stereocenters. The minimum Gasteiger partial charge on any atom is -0.324 e. The highest BCUT2D eigenvalue weighted by atomic mass is 35.5. The lowest BCUT2D eigenvalue weighted by Crippen LogP contribution is -2.22. The second-order valence-corrected chi connectivity index (χ2v) is 8.81. The molecular weight excluding hydrogens is 468 g/mol. The Hall–Kier alpha value is -2.39. The molecule has 0 unspecified atom stereocenters. The molecule has 0 aliphatic heterocycles. The van der Waals surface area contributed by atoms with Crippen molar-refractivity contribution in [3.63, 3.8) is 0 Å². The van der Waals surface area contributed by atoms with Gasteiger partial charge in [-0.3, -0.25) is 14.2 Å². The van der Waals surface area contributed by atoms with Crippen molar-refractivity contribution in [3.05, 3.63) is 80.1 Å². The van der Waals surface area contributed by atoms with Crippen molar-refractivity contribution in [2.24, 2.45) is 0 Å². The molecule has 0 saturated heterocycles. The van der Waals surface area contributed by atoms with Gasteiger partial charge in [0.1, 0.15) is 10.5 Å². The highest BCUT2D eigenvalue weighted by Gasteiger charge is 2.16. The maximum Gasteiger partial charge on any atom is 0.276 e. The number of nitrogens with one attached hydrogen (secondary N) is 1. The molecule has 4 rings (SSSR count). The number of fused-ring (bicyclic) bond motifs is 1. The summed E-state index contributed by atoms with van der Waals surface area (Å²) in [5.74, 6) is -0.985. The Labute approximate surface area is 188 Å². The zero-order chi connectivity index (χ0) is 21.3. The molecule has 0 fully saturated rings. The number of hydrogen-bond donors (Lipinski definition) is 1. The van der Waals surface area contributed by atoms with Crippen molar-refractivity contribution in [2.45, 2.75) is 5.16 Å². The number of halogens is 3. The number of thiophene rings is 1. The largest absolute Gasteiger partial charge is 0.324 e. The molecule has 5 nitrogen and oxygen atoms in total. The molecular formula is C20H12Cl2FN3O2S2. The van der Waals surface area contributed by atoms with Gasteiger partial charge in [0, 0.05) is 5.02 Å². The third kappa shape index (κ3) is 4.37. The number of nitrogens with zero attached hydrogens (tertiary/aromatic N) is 2. The molecule has 10 heteroatoms. The van der Waals surface area contributed by atoms with E-state index in [-0.39, 0.29) is 22.0 Å². The van der Waals surface area contributed by atoms with Gasteiger partial charge in [0.2, 0.25) is 5.91 Å². The molecule has 1 amide bonds. The van der Waals surface area contributed by atoms with E-state index < -0.39 is 11.7 Å². The topological polar surface area (TPSA) is 64.0 Å². The number of carbonyl (C=O) groups excluding carboxylic acids is 1. The molecule has 0 spiro atoms. The van der Waals surface area contributed by atoms with Crippen LogP contribution in [0.3, 0.4) is 0 Å². The van der Waals surface area contributed by atoms with Crippen LogP contribution >= 0.6 is 46.3 Å². The van der Waals surface area contributed by atoms with Crippen molar-refractivity contribution < 1.29 is 9.18 Å². The molecule has 0 aliphatic rings. The standard InChI is InChI=1S/C20H12Cl2FN3O2S2/c21-11-2-1-3-13(8-11)26-19(28)18-15(6-7-29-18)25-20(26)30-10-17(27)24-16-9-12(23)4-5-14(16)22/h1-9H,10H2,(H,24,27). The molecule has 2 aromatic heterocycles. The highest BCUT2D eigenvalue weighted by Crippen LogP contribution is 2.26. The molecule has 0 radical (unpaired) electrons. The number of hydrogen-bond acceptors (Lipinski definition) is 5. The van der Waals surface area contributed by atoms with Crippen LogP contribution < -0.4 is 10.9 Å². The second-order valence-electron chi connectivity index (χ2n) is 6.11. The number of aromatic nitrogens is 2. The quantitative estimate of drug-likeness (QED) is 0.297. The van der Waals surface area contributed by atoms with E-state index in [0.717, 1.165) is 17.8 Å². The van der Waals surface area contributed by atoms with Crippen LogP contribution in [-0.2, 0) is 4.79 Å². The summed E-state index contributed by atoms with van der Waals surface area (Å²) < 4.78 is 15.3. The summed E-state index contributed by atoms with van der Waals surface area (Å²) in [5, 5.41) is 5.40. The maximum atomic E-state index is 13.4. The second kappa shape index (κ2) is 8.77. The Kier molecular flexibility index (Phi) is 6.10.